The van der Waals surface area contributed by atoms with Crippen molar-refractivity contribution in [1.82, 2.24) is 9.88 Å². The third kappa shape index (κ3) is 6.78. The van der Waals surface area contributed by atoms with Gasteiger partial charge in [0.25, 0.3) is 5.56 Å². The number of hydrogen-bond acceptors (Lipinski definition) is 3. The number of rotatable bonds is 9. The maximum absolute atomic E-state index is 12.0. The lowest BCUT2D eigenvalue weighted by molar-refractivity contribution is -0.116. The Hall–Kier alpha value is -3.60. The largest absolute Gasteiger partial charge is 0.489 e. The topological polar surface area (TPSA) is 60.3 Å². The molecule has 0 saturated heterocycles. The first kappa shape index (κ1) is 21.1. The van der Waals surface area contributed by atoms with Crippen LogP contribution in [0, 0.1) is 6.92 Å². The van der Waals surface area contributed by atoms with Crippen molar-refractivity contribution in [3.8, 4) is 5.75 Å². The van der Waals surface area contributed by atoms with Crippen molar-refractivity contribution in [2.45, 2.75) is 26.5 Å². The van der Waals surface area contributed by atoms with Gasteiger partial charge in [0.2, 0.25) is 5.91 Å². The molecule has 1 heterocycles. The third-order valence-corrected chi connectivity index (χ3v) is 4.58. The molecule has 0 saturated carbocycles. The Morgan fingerprint density at radius 1 is 1.07 bits per heavy atom. The van der Waals surface area contributed by atoms with Gasteiger partial charge in [0.05, 0.1) is 0 Å². The fourth-order valence-electron chi connectivity index (χ4n) is 2.90. The van der Waals surface area contributed by atoms with E-state index in [1.807, 2.05) is 67.6 Å². The van der Waals surface area contributed by atoms with Crippen LogP contribution in [0.25, 0.3) is 6.08 Å². The van der Waals surface area contributed by atoms with Crippen molar-refractivity contribution < 1.29 is 9.53 Å². The van der Waals surface area contributed by atoms with Gasteiger partial charge in [0.15, 0.2) is 0 Å². The van der Waals surface area contributed by atoms with Crippen LogP contribution in [0.3, 0.4) is 0 Å². The molecule has 0 fully saturated rings. The normalized spacial score (nSPS) is 10.8. The van der Waals surface area contributed by atoms with Crippen LogP contribution < -0.4 is 15.6 Å². The SMILES string of the molecule is Cc1ccn(CCCNC(=O)/C=C/c2ccc(OCc3ccccc3)cc2)c(=O)c1. The van der Waals surface area contributed by atoms with Crippen molar-refractivity contribution in [2.24, 2.45) is 0 Å². The lowest BCUT2D eigenvalue weighted by Gasteiger charge is -2.07. The molecule has 2 aromatic carbocycles. The molecule has 1 aromatic heterocycles. The summed E-state index contributed by atoms with van der Waals surface area (Å²) in [4.78, 5) is 23.8. The fraction of sp³-hybridized carbons (Fsp3) is 0.200. The number of benzene rings is 2. The highest BCUT2D eigenvalue weighted by molar-refractivity contribution is 5.91. The molecule has 30 heavy (non-hydrogen) atoms. The monoisotopic (exact) mass is 402 g/mol. The number of amides is 1. The summed E-state index contributed by atoms with van der Waals surface area (Å²) in [6.07, 6.45) is 5.75. The van der Waals surface area contributed by atoms with Crippen LogP contribution in [0.5, 0.6) is 5.75 Å². The van der Waals surface area contributed by atoms with Gasteiger partial charge in [-0.15, -0.1) is 0 Å². The second-order valence-corrected chi connectivity index (χ2v) is 7.06. The minimum absolute atomic E-state index is 0.0163. The van der Waals surface area contributed by atoms with E-state index in [0.717, 1.165) is 22.4 Å². The first-order valence-corrected chi connectivity index (χ1v) is 10.00. The Morgan fingerprint density at radius 3 is 2.57 bits per heavy atom. The minimum Gasteiger partial charge on any atom is -0.489 e. The fourth-order valence-corrected chi connectivity index (χ4v) is 2.90. The molecular formula is C25H26N2O3. The van der Waals surface area contributed by atoms with E-state index >= 15 is 0 Å². The Balaban J connectivity index is 1.39. The summed E-state index contributed by atoms with van der Waals surface area (Å²) in [6, 6.07) is 21.1. The van der Waals surface area contributed by atoms with Crippen molar-refractivity contribution >= 4 is 12.0 Å². The molecule has 154 valence electrons. The molecule has 0 atom stereocenters. The summed E-state index contributed by atoms with van der Waals surface area (Å²) >= 11 is 0. The number of carbonyl (C=O) groups is 1. The average Bonchev–Trinajstić information content (AvgIpc) is 2.76. The second-order valence-electron chi connectivity index (χ2n) is 7.06. The Kier molecular flexibility index (Phi) is 7.61. The molecule has 0 radical (unpaired) electrons. The van der Waals surface area contributed by atoms with E-state index in [1.54, 1.807) is 22.9 Å². The van der Waals surface area contributed by atoms with Gasteiger partial charge in [-0.3, -0.25) is 9.59 Å². The maximum Gasteiger partial charge on any atom is 0.250 e. The predicted octanol–water partition coefficient (Wildman–Crippen LogP) is 3.96. The number of hydrogen-bond donors (Lipinski definition) is 1. The van der Waals surface area contributed by atoms with E-state index in [4.69, 9.17) is 4.74 Å². The zero-order valence-electron chi connectivity index (χ0n) is 17.1. The van der Waals surface area contributed by atoms with Crippen molar-refractivity contribution in [3.05, 3.63) is 106 Å². The number of ether oxygens (including phenoxy) is 1. The molecule has 1 amide bonds. The van der Waals surface area contributed by atoms with E-state index in [0.29, 0.717) is 26.1 Å². The van der Waals surface area contributed by atoms with E-state index in [9.17, 15) is 9.59 Å². The van der Waals surface area contributed by atoms with E-state index in [-0.39, 0.29) is 11.5 Å². The molecule has 5 nitrogen and oxygen atoms in total. The predicted molar refractivity (Wildman–Crippen MR) is 119 cm³/mol. The van der Waals surface area contributed by atoms with Crippen LogP contribution in [0.15, 0.2) is 83.8 Å². The molecule has 0 bridgehead atoms. The van der Waals surface area contributed by atoms with Gasteiger partial charge in [0, 0.05) is 31.4 Å². The van der Waals surface area contributed by atoms with Gasteiger partial charge in [-0.1, -0.05) is 42.5 Å². The smallest absolute Gasteiger partial charge is 0.250 e. The van der Waals surface area contributed by atoms with Crippen LogP contribution in [-0.2, 0) is 17.9 Å². The third-order valence-electron chi connectivity index (χ3n) is 4.58. The summed E-state index contributed by atoms with van der Waals surface area (Å²) < 4.78 is 7.41. The number of nitrogens with one attached hydrogen (secondary N) is 1. The van der Waals surface area contributed by atoms with Crippen LogP contribution >= 0.6 is 0 Å². The number of carbonyl (C=O) groups excluding carboxylic acids is 1. The van der Waals surface area contributed by atoms with Gasteiger partial charge in [-0.2, -0.15) is 0 Å². The van der Waals surface area contributed by atoms with Gasteiger partial charge in [0.1, 0.15) is 12.4 Å². The molecule has 0 aliphatic rings. The zero-order chi connectivity index (χ0) is 21.2. The summed E-state index contributed by atoms with van der Waals surface area (Å²) in [5.74, 6) is 0.627. The molecule has 1 N–H and O–H groups in total. The lowest BCUT2D eigenvalue weighted by Crippen LogP contribution is -2.25. The molecule has 3 aromatic rings. The quantitative estimate of drug-likeness (QED) is 0.435. The summed E-state index contributed by atoms with van der Waals surface area (Å²) in [7, 11) is 0. The van der Waals surface area contributed by atoms with Crippen molar-refractivity contribution in [2.75, 3.05) is 6.54 Å². The number of aryl methyl sites for hydroxylation is 2. The average molecular weight is 402 g/mol. The van der Waals surface area contributed by atoms with Gasteiger partial charge < -0.3 is 14.6 Å². The van der Waals surface area contributed by atoms with Crippen LogP contribution in [-0.4, -0.2) is 17.0 Å². The minimum atomic E-state index is -0.157. The molecule has 5 heteroatoms. The molecule has 0 spiro atoms. The lowest BCUT2D eigenvalue weighted by atomic mass is 10.2. The first-order chi connectivity index (χ1) is 14.6. The van der Waals surface area contributed by atoms with Crippen molar-refractivity contribution in [3.63, 3.8) is 0 Å². The summed E-state index contributed by atoms with van der Waals surface area (Å²) in [6.45, 7) is 3.50. The highest BCUT2D eigenvalue weighted by Gasteiger charge is 1.99. The summed E-state index contributed by atoms with van der Waals surface area (Å²) in [5, 5.41) is 2.84. The Bertz CT molecular complexity index is 1040. The summed E-state index contributed by atoms with van der Waals surface area (Å²) in [5.41, 5.74) is 2.97. The van der Waals surface area contributed by atoms with E-state index < -0.39 is 0 Å². The highest BCUT2D eigenvalue weighted by atomic mass is 16.5. The molecule has 0 aliphatic heterocycles. The van der Waals surface area contributed by atoms with E-state index in [1.165, 1.54) is 6.08 Å². The van der Waals surface area contributed by atoms with Crippen LogP contribution in [0.2, 0.25) is 0 Å². The molecule has 0 aliphatic carbocycles. The van der Waals surface area contributed by atoms with Crippen LogP contribution in [0.4, 0.5) is 0 Å². The molecule has 0 unspecified atom stereocenters. The maximum atomic E-state index is 12.0. The van der Waals surface area contributed by atoms with Gasteiger partial charge >= 0.3 is 0 Å². The Morgan fingerprint density at radius 2 is 1.83 bits per heavy atom. The standard InChI is InChI=1S/C25H26N2O3/c1-20-14-17-27(25(29)18-20)16-5-15-26-24(28)13-10-21-8-11-23(12-9-21)30-19-22-6-3-2-4-7-22/h2-4,6-14,17-18H,5,15-16,19H2,1H3,(H,26,28)/b13-10+. The van der Waals surface area contributed by atoms with Gasteiger partial charge in [-0.25, -0.2) is 0 Å². The zero-order valence-corrected chi connectivity index (χ0v) is 17.1. The van der Waals surface area contributed by atoms with Crippen LogP contribution in [0.1, 0.15) is 23.1 Å². The van der Waals surface area contributed by atoms with Crippen molar-refractivity contribution in [1.29, 1.82) is 0 Å². The Labute approximate surface area is 176 Å². The molecule has 3 rings (SSSR count). The number of pyridine rings is 1. The first-order valence-electron chi connectivity index (χ1n) is 10.00. The highest BCUT2D eigenvalue weighted by Crippen LogP contribution is 2.15. The second kappa shape index (κ2) is 10.8. The molecular weight excluding hydrogens is 376 g/mol. The van der Waals surface area contributed by atoms with Gasteiger partial charge in [-0.05, 0) is 54.3 Å². The number of nitrogens with zero attached hydrogens (tertiary/aromatic N) is 1. The van der Waals surface area contributed by atoms with E-state index in [2.05, 4.69) is 5.32 Å². The number of aromatic nitrogens is 1.